The van der Waals surface area contributed by atoms with Crippen LogP contribution in [0.25, 0.3) is 11.4 Å². The average Bonchev–Trinajstić information content (AvgIpc) is 3.08. The van der Waals surface area contributed by atoms with Crippen LogP contribution in [0.5, 0.6) is 0 Å². The van der Waals surface area contributed by atoms with Crippen LogP contribution in [0.3, 0.4) is 0 Å². The Morgan fingerprint density at radius 3 is 2.42 bits per heavy atom. The van der Waals surface area contributed by atoms with Crippen molar-refractivity contribution in [3.05, 3.63) is 35.7 Å². The fraction of sp³-hybridized carbons (Fsp3) is 0.333. The van der Waals surface area contributed by atoms with Gasteiger partial charge in [0.05, 0.1) is 20.2 Å². The van der Waals surface area contributed by atoms with E-state index >= 15 is 0 Å². The molecule has 0 fully saturated rings. The molecule has 1 aromatic heterocycles. The molecule has 0 saturated carbocycles. The molecule has 0 saturated heterocycles. The number of alkyl halides is 3. The molecule has 1 aromatic carbocycles. The molecule has 0 atom stereocenters. The zero-order valence-electron chi connectivity index (χ0n) is 13.8. The van der Waals surface area contributed by atoms with Gasteiger partial charge in [-0.2, -0.15) is 18.2 Å². The van der Waals surface area contributed by atoms with E-state index in [1.54, 1.807) is 12.1 Å². The second-order valence-electron chi connectivity index (χ2n) is 5.14. The number of nitrogens with one attached hydrogen (secondary N) is 1. The van der Waals surface area contributed by atoms with Crippen LogP contribution in [0.4, 0.5) is 13.2 Å². The highest BCUT2D eigenvalue weighted by Crippen LogP contribution is 2.29. The van der Waals surface area contributed by atoms with Crippen molar-refractivity contribution in [3.8, 4) is 11.4 Å². The molecule has 0 aliphatic heterocycles. The van der Waals surface area contributed by atoms with Gasteiger partial charge >= 0.3 is 12.1 Å². The Morgan fingerprint density at radius 1 is 1.27 bits per heavy atom. The summed E-state index contributed by atoms with van der Waals surface area (Å²) in [6, 6.07) is 6.15. The third-order valence-electron chi connectivity index (χ3n) is 3.19. The molecule has 26 heavy (non-hydrogen) atoms. The SMILES string of the molecule is CON(Cc1ccc(-c2noc(C(F)(F)F)n2)cc1)C(=O)CNC(C)=O. The first kappa shape index (κ1) is 19.4. The Labute approximate surface area is 145 Å². The van der Waals surface area contributed by atoms with Crippen LogP contribution in [-0.2, 0) is 27.1 Å². The monoisotopic (exact) mass is 372 g/mol. The maximum absolute atomic E-state index is 12.5. The number of halogens is 3. The van der Waals surface area contributed by atoms with E-state index in [4.69, 9.17) is 4.84 Å². The summed E-state index contributed by atoms with van der Waals surface area (Å²) in [7, 11) is 1.30. The lowest BCUT2D eigenvalue weighted by atomic mass is 10.1. The van der Waals surface area contributed by atoms with Crippen molar-refractivity contribution in [1.29, 1.82) is 0 Å². The maximum Gasteiger partial charge on any atom is 0.471 e. The molecular weight excluding hydrogens is 357 g/mol. The molecule has 1 N–H and O–H groups in total. The minimum atomic E-state index is -4.71. The molecule has 0 bridgehead atoms. The number of carbonyl (C=O) groups is 2. The highest BCUT2D eigenvalue weighted by Gasteiger charge is 2.38. The maximum atomic E-state index is 12.5. The number of aromatic nitrogens is 2. The summed E-state index contributed by atoms with van der Waals surface area (Å²) < 4.78 is 41.6. The van der Waals surface area contributed by atoms with E-state index in [1.165, 1.54) is 26.2 Å². The number of nitrogens with zero attached hydrogens (tertiary/aromatic N) is 3. The summed E-state index contributed by atoms with van der Waals surface area (Å²) in [6.07, 6.45) is -4.71. The van der Waals surface area contributed by atoms with E-state index in [1.807, 2.05) is 0 Å². The smallest absolute Gasteiger partial charge is 0.347 e. The van der Waals surface area contributed by atoms with E-state index in [0.29, 0.717) is 11.1 Å². The molecule has 2 amide bonds. The molecule has 0 radical (unpaired) electrons. The third kappa shape index (κ3) is 5.02. The van der Waals surface area contributed by atoms with Crippen LogP contribution < -0.4 is 5.32 Å². The van der Waals surface area contributed by atoms with Crippen molar-refractivity contribution in [1.82, 2.24) is 20.5 Å². The number of hydrogen-bond donors (Lipinski definition) is 1. The quantitative estimate of drug-likeness (QED) is 0.777. The van der Waals surface area contributed by atoms with Gasteiger partial charge in [-0.1, -0.05) is 29.4 Å². The van der Waals surface area contributed by atoms with Gasteiger partial charge in [0.1, 0.15) is 0 Å². The highest BCUT2D eigenvalue weighted by atomic mass is 19.4. The second-order valence-corrected chi connectivity index (χ2v) is 5.14. The molecule has 0 aliphatic carbocycles. The zero-order valence-corrected chi connectivity index (χ0v) is 13.8. The van der Waals surface area contributed by atoms with E-state index < -0.39 is 18.0 Å². The summed E-state index contributed by atoms with van der Waals surface area (Å²) in [4.78, 5) is 31.0. The molecule has 11 heteroatoms. The number of hydrogen-bond acceptors (Lipinski definition) is 6. The summed E-state index contributed by atoms with van der Waals surface area (Å²) >= 11 is 0. The molecule has 1 heterocycles. The lowest BCUT2D eigenvalue weighted by molar-refractivity contribution is -0.178. The van der Waals surface area contributed by atoms with Gasteiger partial charge < -0.3 is 9.84 Å². The molecule has 2 rings (SSSR count). The van der Waals surface area contributed by atoms with Gasteiger partial charge in [0, 0.05) is 12.5 Å². The van der Waals surface area contributed by atoms with E-state index in [-0.39, 0.29) is 24.8 Å². The molecule has 140 valence electrons. The van der Waals surface area contributed by atoms with Crippen molar-refractivity contribution in [2.45, 2.75) is 19.6 Å². The number of amides is 2. The van der Waals surface area contributed by atoms with Gasteiger partial charge in [-0.25, -0.2) is 5.06 Å². The molecule has 2 aromatic rings. The van der Waals surface area contributed by atoms with Crippen LogP contribution >= 0.6 is 0 Å². The topological polar surface area (TPSA) is 97.6 Å². The second kappa shape index (κ2) is 7.95. The van der Waals surface area contributed by atoms with Crippen LogP contribution in [0.1, 0.15) is 18.4 Å². The molecule has 0 unspecified atom stereocenters. The Bertz CT molecular complexity index is 774. The average molecular weight is 372 g/mol. The number of rotatable bonds is 6. The Hall–Kier alpha value is -2.95. The number of benzene rings is 1. The predicted octanol–water partition coefficient (Wildman–Crippen LogP) is 1.78. The number of hydroxylamine groups is 2. The fourth-order valence-corrected chi connectivity index (χ4v) is 1.92. The van der Waals surface area contributed by atoms with Crippen LogP contribution in [-0.4, -0.2) is 40.7 Å². The van der Waals surface area contributed by atoms with Crippen molar-refractivity contribution < 1.29 is 32.1 Å². The summed E-state index contributed by atoms with van der Waals surface area (Å²) in [6.45, 7) is 1.14. The van der Waals surface area contributed by atoms with Gasteiger partial charge in [0.2, 0.25) is 11.7 Å². The third-order valence-corrected chi connectivity index (χ3v) is 3.19. The minimum Gasteiger partial charge on any atom is -0.347 e. The Morgan fingerprint density at radius 2 is 1.92 bits per heavy atom. The van der Waals surface area contributed by atoms with Gasteiger partial charge in [-0.15, -0.1) is 0 Å². The van der Waals surface area contributed by atoms with E-state index in [2.05, 4.69) is 20.0 Å². The van der Waals surface area contributed by atoms with E-state index in [0.717, 1.165) is 5.06 Å². The van der Waals surface area contributed by atoms with Gasteiger partial charge in [0.15, 0.2) is 0 Å². The first-order chi connectivity index (χ1) is 12.2. The zero-order chi connectivity index (χ0) is 19.3. The lowest BCUT2D eigenvalue weighted by Crippen LogP contribution is -2.38. The summed E-state index contributed by atoms with van der Waals surface area (Å²) in [5.41, 5.74) is 0.966. The lowest BCUT2D eigenvalue weighted by Gasteiger charge is -2.19. The Balaban J connectivity index is 2.05. The normalized spacial score (nSPS) is 11.3. The van der Waals surface area contributed by atoms with Gasteiger partial charge in [-0.05, 0) is 5.56 Å². The molecule has 0 spiro atoms. The van der Waals surface area contributed by atoms with Crippen molar-refractivity contribution in [2.24, 2.45) is 0 Å². The van der Waals surface area contributed by atoms with Crippen LogP contribution in [0, 0.1) is 0 Å². The van der Waals surface area contributed by atoms with Crippen molar-refractivity contribution >= 4 is 11.8 Å². The van der Waals surface area contributed by atoms with Gasteiger partial charge in [0.25, 0.3) is 5.91 Å². The van der Waals surface area contributed by atoms with E-state index in [9.17, 15) is 22.8 Å². The molecular formula is C15H15F3N4O4. The predicted molar refractivity (Wildman–Crippen MR) is 81.0 cm³/mol. The minimum absolute atomic E-state index is 0.0786. The summed E-state index contributed by atoms with van der Waals surface area (Å²) in [5.74, 6) is -2.43. The van der Waals surface area contributed by atoms with Crippen molar-refractivity contribution in [2.75, 3.05) is 13.7 Å². The Kier molecular flexibility index (Phi) is 5.93. The highest BCUT2D eigenvalue weighted by molar-refractivity contribution is 5.83. The first-order valence-corrected chi connectivity index (χ1v) is 7.30. The van der Waals surface area contributed by atoms with Crippen LogP contribution in [0.2, 0.25) is 0 Å². The largest absolute Gasteiger partial charge is 0.471 e. The van der Waals surface area contributed by atoms with Crippen LogP contribution in [0.15, 0.2) is 28.8 Å². The first-order valence-electron chi connectivity index (χ1n) is 7.30. The van der Waals surface area contributed by atoms with Crippen molar-refractivity contribution in [3.63, 3.8) is 0 Å². The molecule has 0 aliphatic rings. The summed E-state index contributed by atoms with van der Waals surface area (Å²) in [5, 5.41) is 6.70. The standard InChI is InChI=1S/C15H15F3N4O4/c1-9(23)19-7-12(24)22(25-2)8-10-3-5-11(6-4-10)13-20-14(26-21-13)15(16,17)18/h3-6H,7-8H2,1-2H3,(H,19,23). The number of carbonyl (C=O) groups excluding carboxylic acids is 2. The molecule has 8 nitrogen and oxygen atoms in total. The fourth-order valence-electron chi connectivity index (χ4n) is 1.92. The van der Waals surface area contributed by atoms with Gasteiger partial charge in [-0.3, -0.25) is 14.4 Å².